The van der Waals surface area contributed by atoms with Crippen LogP contribution in [0.2, 0.25) is 0 Å². The summed E-state index contributed by atoms with van der Waals surface area (Å²) >= 11 is 0. The molecule has 7 nitrogen and oxygen atoms in total. The Kier molecular flexibility index (Phi) is 8.04. The summed E-state index contributed by atoms with van der Waals surface area (Å²) in [5.41, 5.74) is 5.18. The molecular weight excluding hydrogens is 472 g/mol. The van der Waals surface area contributed by atoms with E-state index in [1.54, 1.807) is 0 Å². The van der Waals surface area contributed by atoms with Crippen molar-refractivity contribution in [1.82, 2.24) is 30.1 Å². The van der Waals surface area contributed by atoms with Gasteiger partial charge < -0.3 is 4.98 Å². The minimum absolute atomic E-state index is 0.0305. The molecular formula is C31H34N6O. The molecule has 5 rings (SSSR count). The fraction of sp³-hybridized carbons (Fsp3) is 0.290. The van der Waals surface area contributed by atoms with Gasteiger partial charge in [0.15, 0.2) is 5.82 Å². The van der Waals surface area contributed by atoms with Crippen LogP contribution in [0.4, 0.5) is 0 Å². The molecule has 5 aromatic rings. The third-order valence-electron chi connectivity index (χ3n) is 7.21. The Morgan fingerprint density at radius 3 is 2.34 bits per heavy atom. The number of H-pyrrole nitrogens is 1. The average molecular weight is 507 g/mol. The first-order valence-corrected chi connectivity index (χ1v) is 13.3. The van der Waals surface area contributed by atoms with E-state index in [1.165, 1.54) is 11.1 Å². The van der Waals surface area contributed by atoms with E-state index < -0.39 is 0 Å². The normalized spacial score (nSPS) is 12.3. The summed E-state index contributed by atoms with van der Waals surface area (Å²) in [5, 5.41) is 13.9. The summed E-state index contributed by atoms with van der Waals surface area (Å²) in [5.74, 6) is 0.838. The lowest BCUT2D eigenvalue weighted by molar-refractivity contribution is 0.171. The Morgan fingerprint density at radius 2 is 1.63 bits per heavy atom. The fourth-order valence-corrected chi connectivity index (χ4v) is 5.12. The van der Waals surface area contributed by atoms with Gasteiger partial charge in [0, 0.05) is 25.2 Å². The zero-order valence-corrected chi connectivity index (χ0v) is 22.0. The van der Waals surface area contributed by atoms with Crippen LogP contribution in [0.1, 0.15) is 47.5 Å². The van der Waals surface area contributed by atoms with E-state index in [4.69, 9.17) is 0 Å². The van der Waals surface area contributed by atoms with Crippen LogP contribution in [0.5, 0.6) is 0 Å². The second kappa shape index (κ2) is 12.0. The summed E-state index contributed by atoms with van der Waals surface area (Å²) in [4.78, 5) is 18.7. The number of hydrogen-bond acceptors (Lipinski definition) is 5. The van der Waals surface area contributed by atoms with E-state index in [1.807, 2.05) is 41.9 Å². The van der Waals surface area contributed by atoms with E-state index in [0.29, 0.717) is 13.1 Å². The molecule has 2 heterocycles. The Balaban J connectivity index is 1.45. The molecule has 0 aliphatic heterocycles. The zero-order chi connectivity index (χ0) is 26.3. The molecule has 0 saturated heterocycles. The van der Waals surface area contributed by atoms with Gasteiger partial charge in [0.1, 0.15) is 0 Å². The molecule has 0 bridgehead atoms. The number of aryl methyl sites for hydroxylation is 3. The zero-order valence-electron chi connectivity index (χ0n) is 22.0. The number of para-hydroxylation sites is 1. The highest BCUT2D eigenvalue weighted by Crippen LogP contribution is 2.25. The Morgan fingerprint density at radius 1 is 0.921 bits per heavy atom. The summed E-state index contributed by atoms with van der Waals surface area (Å²) in [6.45, 7) is 6.16. The van der Waals surface area contributed by atoms with Gasteiger partial charge in [-0.2, -0.15) is 0 Å². The van der Waals surface area contributed by atoms with E-state index in [-0.39, 0.29) is 11.6 Å². The molecule has 1 N–H and O–H groups in total. The lowest BCUT2D eigenvalue weighted by atomic mass is 10.1. The highest BCUT2D eigenvalue weighted by atomic mass is 16.1. The molecule has 0 unspecified atom stereocenters. The quantitative estimate of drug-likeness (QED) is 0.264. The maximum absolute atomic E-state index is 13.2. The van der Waals surface area contributed by atoms with E-state index in [0.717, 1.165) is 53.7 Å². The number of fused-ring (bicyclic) bond motifs is 1. The third kappa shape index (κ3) is 5.89. The van der Waals surface area contributed by atoms with Crippen LogP contribution in [0.15, 0.2) is 89.7 Å². The maximum Gasteiger partial charge on any atom is 0.252 e. The minimum Gasteiger partial charge on any atom is -0.321 e. The number of aromatic nitrogens is 5. The minimum atomic E-state index is -0.0463. The van der Waals surface area contributed by atoms with Gasteiger partial charge in [0.05, 0.1) is 11.6 Å². The number of benzene rings is 3. The van der Waals surface area contributed by atoms with Crippen molar-refractivity contribution in [2.45, 2.75) is 52.2 Å². The van der Waals surface area contributed by atoms with Crippen LogP contribution in [0.3, 0.4) is 0 Å². The topological polar surface area (TPSA) is 79.7 Å². The second-order valence-electron chi connectivity index (χ2n) is 9.79. The van der Waals surface area contributed by atoms with Crippen molar-refractivity contribution in [1.29, 1.82) is 0 Å². The second-order valence-corrected chi connectivity index (χ2v) is 9.79. The van der Waals surface area contributed by atoms with Crippen molar-refractivity contribution in [3.8, 4) is 0 Å². The number of hydrogen-bond donors (Lipinski definition) is 1. The number of tetrazole rings is 1. The Hall–Kier alpha value is -4.10. The van der Waals surface area contributed by atoms with E-state index in [2.05, 4.69) is 86.9 Å². The predicted octanol–water partition coefficient (Wildman–Crippen LogP) is 5.26. The van der Waals surface area contributed by atoms with Gasteiger partial charge in [-0.05, 0) is 64.8 Å². The molecule has 0 spiro atoms. The predicted molar refractivity (Wildman–Crippen MR) is 151 cm³/mol. The van der Waals surface area contributed by atoms with Crippen LogP contribution in [0.25, 0.3) is 10.9 Å². The van der Waals surface area contributed by atoms with Crippen molar-refractivity contribution in [3.05, 3.63) is 123 Å². The summed E-state index contributed by atoms with van der Waals surface area (Å²) < 4.78 is 1.92. The lowest BCUT2D eigenvalue weighted by Crippen LogP contribution is -2.34. The molecule has 0 fully saturated rings. The Bertz CT molecular complexity index is 1530. The summed E-state index contributed by atoms with van der Waals surface area (Å²) in [6.07, 6.45) is 2.54. The van der Waals surface area contributed by atoms with Gasteiger partial charge in [0.2, 0.25) is 0 Å². The van der Waals surface area contributed by atoms with Gasteiger partial charge in [-0.3, -0.25) is 9.69 Å². The van der Waals surface area contributed by atoms with Gasteiger partial charge >= 0.3 is 0 Å². The summed E-state index contributed by atoms with van der Waals surface area (Å²) in [6, 6.07) is 29.0. The third-order valence-corrected chi connectivity index (χ3v) is 7.21. The lowest BCUT2D eigenvalue weighted by Gasteiger charge is -2.30. The first kappa shape index (κ1) is 25.5. The van der Waals surface area contributed by atoms with Crippen LogP contribution in [0, 0.1) is 6.92 Å². The highest BCUT2D eigenvalue weighted by molar-refractivity contribution is 5.81. The van der Waals surface area contributed by atoms with Gasteiger partial charge in [-0.15, -0.1) is 5.10 Å². The van der Waals surface area contributed by atoms with Crippen molar-refractivity contribution < 1.29 is 0 Å². The fourth-order valence-electron chi connectivity index (χ4n) is 5.12. The van der Waals surface area contributed by atoms with E-state index in [9.17, 15) is 4.79 Å². The van der Waals surface area contributed by atoms with Crippen LogP contribution >= 0.6 is 0 Å². The number of aromatic amines is 1. The van der Waals surface area contributed by atoms with Crippen molar-refractivity contribution >= 4 is 10.9 Å². The number of rotatable bonds is 11. The van der Waals surface area contributed by atoms with E-state index >= 15 is 0 Å². The van der Waals surface area contributed by atoms with Gasteiger partial charge in [-0.1, -0.05) is 85.8 Å². The average Bonchev–Trinajstić information content (AvgIpc) is 3.41. The molecule has 0 aliphatic carbocycles. The summed E-state index contributed by atoms with van der Waals surface area (Å²) in [7, 11) is 0. The molecule has 2 aromatic heterocycles. The monoisotopic (exact) mass is 506 g/mol. The van der Waals surface area contributed by atoms with Crippen LogP contribution < -0.4 is 5.56 Å². The number of nitrogens with one attached hydrogen (secondary N) is 1. The smallest absolute Gasteiger partial charge is 0.252 e. The van der Waals surface area contributed by atoms with Gasteiger partial charge in [0.25, 0.3) is 5.56 Å². The van der Waals surface area contributed by atoms with Crippen molar-refractivity contribution in [2.24, 2.45) is 0 Å². The molecule has 3 aromatic carbocycles. The van der Waals surface area contributed by atoms with Crippen LogP contribution in [-0.2, 0) is 25.9 Å². The first-order valence-electron chi connectivity index (χ1n) is 13.3. The maximum atomic E-state index is 13.2. The molecule has 0 saturated carbocycles. The molecule has 38 heavy (non-hydrogen) atoms. The standard InChI is InChI=1S/C31H34N6O/c1-3-28(30-33-34-35-37(30)20-18-25-14-8-5-9-15-25)36(19-17-24-12-6-4-7-13-24)22-27-21-26-16-10-11-23(2)29(26)32-31(27)38/h4-16,21,28H,3,17-20,22H2,1-2H3,(H,32,38)/t28-/m1/s1. The number of pyridine rings is 1. The number of nitrogens with zero attached hydrogens (tertiary/aromatic N) is 5. The van der Waals surface area contributed by atoms with Crippen molar-refractivity contribution in [2.75, 3.05) is 6.54 Å². The van der Waals surface area contributed by atoms with Crippen molar-refractivity contribution in [3.63, 3.8) is 0 Å². The van der Waals surface area contributed by atoms with Gasteiger partial charge in [-0.25, -0.2) is 4.68 Å². The Labute approximate surface area is 223 Å². The van der Waals surface area contributed by atoms with Crippen LogP contribution in [-0.4, -0.2) is 36.6 Å². The molecule has 194 valence electrons. The molecule has 0 amide bonds. The SMILES string of the molecule is CC[C@H](c1nnnn1CCc1ccccc1)N(CCc1ccccc1)Cc1cc2cccc(C)c2[nH]c1=O. The molecule has 0 aliphatic rings. The molecule has 0 radical (unpaired) electrons. The molecule has 1 atom stereocenters. The highest BCUT2D eigenvalue weighted by Gasteiger charge is 2.25. The molecule has 7 heteroatoms. The largest absolute Gasteiger partial charge is 0.321 e. The first-order chi connectivity index (χ1) is 18.6.